The van der Waals surface area contributed by atoms with Crippen molar-refractivity contribution in [3.05, 3.63) is 39.5 Å². The molecule has 0 saturated carbocycles. The standard InChI is InChI=1S/C13H12Cl2N2O/c1-7(2)12-16-11(13(18)17-12)6-8-3-4-9(14)10(15)5-8/h3-7H,1-2H3,(H,16,17,18)/b11-6+. The minimum Gasteiger partial charge on any atom is -0.308 e. The van der Waals surface area contributed by atoms with Crippen LogP contribution in [0.3, 0.4) is 0 Å². The van der Waals surface area contributed by atoms with Crippen LogP contribution in [0.5, 0.6) is 0 Å². The lowest BCUT2D eigenvalue weighted by Crippen LogP contribution is -2.27. The van der Waals surface area contributed by atoms with E-state index in [9.17, 15) is 4.79 Å². The van der Waals surface area contributed by atoms with E-state index in [2.05, 4.69) is 10.3 Å². The second kappa shape index (κ2) is 5.12. The SMILES string of the molecule is CC(C)C1=N/C(=C/c2ccc(Cl)c(Cl)c2)C(=O)N1. The van der Waals surface area contributed by atoms with Gasteiger partial charge in [0.2, 0.25) is 0 Å². The Bertz CT molecular complexity index is 562. The molecule has 1 aliphatic heterocycles. The lowest BCUT2D eigenvalue weighted by Gasteiger charge is -2.01. The molecule has 0 bridgehead atoms. The number of carbonyl (C=O) groups is 1. The number of benzene rings is 1. The van der Waals surface area contributed by atoms with Crippen LogP contribution in [0.1, 0.15) is 19.4 Å². The van der Waals surface area contributed by atoms with E-state index >= 15 is 0 Å². The van der Waals surface area contributed by atoms with E-state index in [1.807, 2.05) is 13.8 Å². The van der Waals surface area contributed by atoms with Crippen molar-refractivity contribution in [2.45, 2.75) is 13.8 Å². The van der Waals surface area contributed by atoms with Gasteiger partial charge in [0.1, 0.15) is 11.5 Å². The average molecular weight is 283 g/mol. The Kier molecular flexibility index (Phi) is 3.73. The number of amidine groups is 1. The first-order valence-corrected chi connectivity index (χ1v) is 6.29. The van der Waals surface area contributed by atoms with Crippen LogP contribution in [0, 0.1) is 5.92 Å². The van der Waals surface area contributed by atoms with Gasteiger partial charge in [-0.15, -0.1) is 0 Å². The van der Waals surface area contributed by atoms with Crippen molar-refractivity contribution in [1.82, 2.24) is 5.32 Å². The van der Waals surface area contributed by atoms with Crippen LogP contribution in [-0.4, -0.2) is 11.7 Å². The Morgan fingerprint density at radius 2 is 2.00 bits per heavy atom. The van der Waals surface area contributed by atoms with Crippen molar-refractivity contribution in [2.75, 3.05) is 0 Å². The fourth-order valence-corrected chi connectivity index (χ4v) is 1.83. The lowest BCUT2D eigenvalue weighted by molar-refractivity contribution is -0.115. The summed E-state index contributed by atoms with van der Waals surface area (Å²) in [5.74, 6) is 0.685. The van der Waals surface area contributed by atoms with Gasteiger partial charge in [-0.1, -0.05) is 43.1 Å². The predicted octanol–water partition coefficient (Wildman–Crippen LogP) is 3.52. The normalized spacial score (nSPS) is 17.3. The minimum absolute atomic E-state index is 0.189. The van der Waals surface area contributed by atoms with Crippen LogP contribution in [-0.2, 0) is 4.79 Å². The predicted molar refractivity (Wildman–Crippen MR) is 74.9 cm³/mol. The Morgan fingerprint density at radius 1 is 1.28 bits per heavy atom. The van der Waals surface area contributed by atoms with Gasteiger partial charge < -0.3 is 5.32 Å². The van der Waals surface area contributed by atoms with E-state index in [0.29, 0.717) is 21.6 Å². The molecule has 1 N–H and O–H groups in total. The van der Waals surface area contributed by atoms with Gasteiger partial charge in [0.25, 0.3) is 5.91 Å². The van der Waals surface area contributed by atoms with Gasteiger partial charge in [-0.2, -0.15) is 0 Å². The molecular weight excluding hydrogens is 271 g/mol. The van der Waals surface area contributed by atoms with E-state index < -0.39 is 0 Å². The van der Waals surface area contributed by atoms with E-state index in [1.165, 1.54) is 0 Å². The Balaban J connectivity index is 2.33. The highest BCUT2D eigenvalue weighted by atomic mass is 35.5. The van der Waals surface area contributed by atoms with Crippen molar-refractivity contribution in [1.29, 1.82) is 0 Å². The Hall–Kier alpha value is -1.32. The van der Waals surface area contributed by atoms with Crippen LogP contribution in [0.4, 0.5) is 0 Å². The number of hydrogen-bond donors (Lipinski definition) is 1. The second-order valence-corrected chi connectivity index (χ2v) is 5.12. The summed E-state index contributed by atoms with van der Waals surface area (Å²) in [6.07, 6.45) is 1.69. The second-order valence-electron chi connectivity index (χ2n) is 4.31. The maximum Gasteiger partial charge on any atom is 0.275 e. The summed E-state index contributed by atoms with van der Waals surface area (Å²) in [6, 6.07) is 5.18. The summed E-state index contributed by atoms with van der Waals surface area (Å²) in [6.45, 7) is 3.95. The molecule has 0 saturated heterocycles. The third-order valence-corrected chi connectivity index (χ3v) is 3.25. The van der Waals surface area contributed by atoms with Crippen LogP contribution in [0.25, 0.3) is 6.08 Å². The number of carbonyl (C=O) groups excluding carboxylic acids is 1. The maximum atomic E-state index is 11.7. The Labute approximate surface area is 116 Å². The van der Waals surface area contributed by atoms with Gasteiger partial charge in [0.05, 0.1) is 10.0 Å². The molecule has 0 fully saturated rings. The highest BCUT2D eigenvalue weighted by Gasteiger charge is 2.21. The van der Waals surface area contributed by atoms with Gasteiger partial charge in [-0.05, 0) is 23.8 Å². The van der Waals surface area contributed by atoms with Crippen molar-refractivity contribution < 1.29 is 4.79 Å². The summed E-state index contributed by atoms with van der Waals surface area (Å²) in [7, 11) is 0. The van der Waals surface area contributed by atoms with Crippen molar-refractivity contribution in [3.8, 4) is 0 Å². The van der Waals surface area contributed by atoms with Crippen molar-refractivity contribution in [2.24, 2.45) is 10.9 Å². The van der Waals surface area contributed by atoms with Crippen LogP contribution < -0.4 is 5.32 Å². The first-order valence-electron chi connectivity index (χ1n) is 5.54. The quantitative estimate of drug-likeness (QED) is 0.829. The molecule has 1 aromatic carbocycles. The van der Waals surface area contributed by atoms with E-state index in [0.717, 1.165) is 5.56 Å². The maximum absolute atomic E-state index is 11.7. The average Bonchev–Trinajstić information content (AvgIpc) is 2.66. The fraction of sp³-hybridized carbons (Fsp3) is 0.231. The molecule has 94 valence electrons. The summed E-state index contributed by atoms with van der Waals surface area (Å²) >= 11 is 11.7. The zero-order valence-electron chi connectivity index (χ0n) is 10.00. The van der Waals surface area contributed by atoms with E-state index in [4.69, 9.17) is 23.2 Å². The third-order valence-electron chi connectivity index (χ3n) is 2.51. The number of nitrogens with zero attached hydrogens (tertiary/aromatic N) is 1. The molecule has 0 radical (unpaired) electrons. The number of halogens is 2. The molecule has 0 spiro atoms. The van der Waals surface area contributed by atoms with Gasteiger partial charge in [0, 0.05) is 5.92 Å². The highest BCUT2D eigenvalue weighted by Crippen LogP contribution is 2.24. The van der Waals surface area contributed by atoms with Gasteiger partial charge in [0.15, 0.2) is 0 Å². The summed E-state index contributed by atoms with van der Waals surface area (Å²) in [5.41, 5.74) is 1.18. The molecule has 18 heavy (non-hydrogen) atoms. The topological polar surface area (TPSA) is 41.5 Å². The zero-order valence-corrected chi connectivity index (χ0v) is 11.5. The molecule has 0 atom stereocenters. The van der Waals surface area contributed by atoms with Crippen molar-refractivity contribution >= 4 is 41.0 Å². The fourth-order valence-electron chi connectivity index (χ4n) is 1.52. The number of aliphatic imine (C=N–C) groups is 1. The van der Waals surface area contributed by atoms with Crippen LogP contribution in [0.2, 0.25) is 10.0 Å². The molecule has 0 aromatic heterocycles. The molecule has 2 rings (SSSR count). The number of amides is 1. The van der Waals surface area contributed by atoms with Gasteiger partial charge >= 0.3 is 0 Å². The number of hydrogen-bond acceptors (Lipinski definition) is 2. The monoisotopic (exact) mass is 282 g/mol. The van der Waals surface area contributed by atoms with Crippen LogP contribution in [0.15, 0.2) is 28.9 Å². The summed E-state index contributed by atoms with van der Waals surface area (Å²) in [4.78, 5) is 15.9. The summed E-state index contributed by atoms with van der Waals surface area (Å²) in [5, 5.41) is 3.68. The molecule has 1 aromatic rings. The molecule has 1 aliphatic rings. The highest BCUT2D eigenvalue weighted by molar-refractivity contribution is 6.42. The number of rotatable bonds is 2. The molecule has 0 aliphatic carbocycles. The molecule has 3 nitrogen and oxygen atoms in total. The molecule has 0 unspecified atom stereocenters. The molecule has 5 heteroatoms. The van der Waals surface area contributed by atoms with Gasteiger partial charge in [-0.3, -0.25) is 4.79 Å². The zero-order chi connectivity index (χ0) is 13.3. The largest absolute Gasteiger partial charge is 0.308 e. The van der Waals surface area contributed by atoms with Crippen molar-refractivity contribution in [3.63, 3.8) is 0 Å². The number of nitrogens with one attached hydrogen (secondary N) is 1. The smallest absolute Gasteiger partial charge is 0.275 e. The molecular formula is C13H12Cl2N2O. The van der Waals surface area contributed by atoms with E-state index in [1.54, 1.807) is 24.3 Å². The van der Waals surface area contributed by atoms with Crippen LogP contribution >= 0.6 is 23.2 Å². The summed E-state index contributed by atoms with van der Waals surface area (Å²) < 4.78 is 0. The lowest BCUT2D eigenvalue weighted by atomic mass is 10.2. The third kappa shape index (κ3) is 2.74. The molecule has 1 heterocycles. The first kappa shape index (κ1) is 13.1. The van der Waals surface area contributed by atoms with E-state index in [-0.39, 0.29) is 11.8 Å². The Morgan fingerprint density at radius 3 is 2.56 bits per heavy atom. The van der Waals surface area contributed by atoms with Gasteiger partial charge in [-0.25, -0.2) is 4.99 Å². The first-order chi connectivity index (χ1) is 8.47. The minimum atomic E-state index is -0.190. The molecule has 1 amide bonds.